The first-order chi connectivity index (χ1) is 8.12. The molecule has 0 aliphatic carbocycles. The van der Waals surface area contributed by atoms with Crippen LogP contribution in [0.2, 0.25) is 0 Å². The van der Waals surface area contributed by atoms with Crippen LogP contribution >= 0.6 is 22.7 Å². The first kappa shape index (κ1) is 12.2. The molecule has 2 aromatic rings. The Morgan fingerprint density at radius 2 is 2.29 bits per heavy atom. The molecule has 0 saturated carbocycles. The summed E-state index contributed by atoms with van der Waals surface area (Å²) in [6.45, 7) is 0.166. The molecule has 17 heavy (non-hydrogen) atoms. The maximum Gasteiger partial charge on any atom is 0.250 e. The third-order valence-electron chi connectivity index (χ3n) is 1.85. The highest BCUT2D eigenvalue weighted by molar-refractivity contribution is 7.91. The Morgan fingerprint density at radius 1 is 1.47 bits per heavy atom. The molecular formula is C9H7N3O2S3. The smallest absolute Gasteiger partial charge is 0.248 e. The highest BCUT2D eigenvalue weighted by atomic mass is 32.2. The van der Waals surface area contributed by atoms with Crippen LogP contribution < -0.4 is 4.72 Å². The Balaban J connectivity index is 2.11. The van der Waals surface area contributed by atoms with Gasteiger partial charge in [0, 0.05) is 11.6 Å². The lowest BCUT2D eigenvalue weighted by Crippen LogP contribution is -2.22. The molecule has 0 aliphatic heterocycles. The molecule has 0 bridgehead atoms. The molecule has 2 aromatic heterocycles. The number of nitriles is 1. The summed E-state index contributed by atoms with van der Waals surface area (Å²) >= 11 is 2.33. The van der Waals surface area contributed by atoms with E-state index in [0.29, 0.717) is 9.88 Å². The van der Waals surface area contributed by atoms with E-state index in [1.54, 1.807) is 11.6 Å². The quantitative estimate of drug-likeness (QED) is 0.924. The summed E-state index contributed by atoms with van der Waals surface area (Å²) in [7, 11) is -3.54. The monoisotopic (exact) mass is 285 g/mol. The van der Waals surface area contributed by atoms with Crippen LogP contribution in [0.25, 0.3) is 0 Å². The van der Waals surface area contributed by atoms with Crippen molar-refractivity contribution >= 4 is 32.7 Å². The van der Waals surface area contributed by atoms with E-state index in [9.17, 15) is 8.42 Å². The van der Waals surface area contributed by atoms with Crippen molar-refractivity contribution in [2.24, 2.45) is 0 Å². The minimum atomic E-state index is -3.54. The minimum absolute atomic E-state index is 0.144. The largest absolute Gasteiger partial charge is 0.250 e. The minimum Gasteiger partial charge on any atom is -0.248 e. The van der Waals surface area contributed by atoms with E-state index < -0.39 is 10.0 Å². The normalized spacial score (nSPS) is 11.2. The molecule has 0 spiro atoms. The van der Waals surface area contributed by atoms with Gasteiger partial charge in [-0.3, -0.25) is 0 Å². The molecule has 0 fully saturated rings. The molecule has 2 rings (SSSR count). The van der Waals surface area contributed by atoms with E-state index >= 15 is 0 Å². The molecule has 1 N–H and O–H groups in total. The maximum atomic E-state index is 11.8. The van der Waals surface area contributed by atoms with Crippen LogP contribution in [0.4, 0.5) is 0 Å². The van der Waals surface area contributed by atoms with Crippen molar-refractivity contribution in [3.63, 3.8) is 0 Å². The highest BCUT2D eigenvalue weighted by Crippen LogP contribution is 2.20. The number of thiazole rings is 1. The molecule has 0 radical (unpaired) electrons. The van der Waals surface area contributed by atoms with Crippen LogP contribution in [0.5, 0.6) is 0 Å². The standard InChI is InChI=1S/C9H7N3O2S3/c10-5-7-1-2-9(16-7)17(13,14)12-6-8-11-3-4-15-8/h1-4,12H,6H2. The van der Waals surface area contributed by atoms with Crippen molar-refractivity contribution in [3.8, 4) is 6.07 Å². The fourth-order valence-electron chi connectivity index (χ4n) is 1.09. The molecule has 0 saturated heterocycles. The third-order valence-corrected chi connectivity index (χ3v) is 5.52. The zero-order valence-electron chi connectivity index (χ0n) is 8.45. The lowest BCUT2D eigenvalue weighted by Gasteiger charge is -2.01. The first-order valence-electron chi connectivity index (χ1n) is 4.50. The number of sulfonamides is 1. The number of nitrogens with zero attached hydrogens (tertiary/aromatic N) is 2. The third kappa shape index (κ3) is 2.89. The van der Waals surface area contributed by atoms with Gasteiger partial charge in [0.25, 0.3) is 0 Å². The van der Waals surface area contributed by atoms with E-state index in [1.807, 2.05) is 6.07 Å². The van der Waals surface area contributed by atoms with Gasteiger partial charge >= 0.3 is 0 Å². The van der Waals surface area contributed by atoms with Crippen LogP contribution in [0.15, 0.2) is 27.9 Å². The van der Waals surface area contributed by atoms with Crippen molar-refractivity contribution in [1.29, 1.82) is 5.26 Å². The van der Waals surface area contributed by atoms with Crippen LogP contribution in [0, 0.1) is 11.3 Å². The Bertz CT molecular complexity index is 637. The number of hydrogen-bond donors (Lipinski definition) is 1. The van der Waals surface area contributed by atoms with Gasteiger partial charge in [-0.2, -0.15) is 5.26 Å². The fourth-order valence-corrected chi connectivity index (χ4v) is 3.88. The average molecular weight is 285 g/mol. The predicted octanol–water partition coefficient (Wildman–Crippen LogP) is 1.55. The van der Waals surface area contributed by atoms with Gasteiger partial charge in [-0.05, 0) is 12.1 Å². The fraction of sp³-hybridized carbons (Fsp3) is 0.111. The SMILES string of the molecule is N#Cc1ccc(S(=O)(=O)NCc2nccs2)s1. The Labute approximate surface area is 106 Å². The number of thiophene rings is 1. The summed E-state index contributed by atoms with van der Waals surface area (Å²) in [5, 5.41) is 11.1. The van der Waals surface area contributed by atoms with Gasteiger partial charge in [-0.25, -0.2) is 18.1 Å². The second kappa shape index (κ2) is 4.93. The summed E-state index contributed by atoms with van der Waals surface area (Å²) in [6, 6.07) is 4.82. The molecule has 2 heterocycles. The molecular weight excluding hydrogens is 278 g/mol. The zero-order valence-corrected chi connectivity index (χ0v) is 10.9. The van der Waals surface area contributed by atoms with E-state index in [0.717, 1.165) is 11.3 Å². The van der Waals surface area contributed by atoms with Crippen LogP contribution in [-0.2, 0) is 16.6 Å². The van der Waals surface area contributed by atoms with Gasteiger partial charge < -0.3 is 0 Å². The summed E-state index contributed by atoms with van der Waals surface area (Å²) in [4.78, 5) is 4.35. The van der Waals surface area contributed by atoms with Gasteiger partial charge in [0.2, 0.25) is 10.0 Å². The predicted molar refractivity (Wildman–Crippen MR) is 65.2 cm³/mol. The van der Waals surface area contributed by atoms with E-state index in [-0.39, 0.29) is 10.8 Å². The van der Waals surface area contributed by atoms with E-state index in [2.05, 4.69) is 9.71 Å². The van der Waals surface area contributed by atoms with Crippen LogP contribution in [0.1, 0.15) is 9.88 Å². The second-order valence-corrected chi connectivity index (χ2v) is 7.04. The molecule has 0 unspecified atom stereocenters. The molecule has 88 valence electrons. The van der Waals surface area contributed by atoms with Crippen molar-refractivity contribution < 1.29 is 8.42 Å². The zero-order chi connectivity index (χ0) is 12.3. The summed E-state index contributed by atoms with van der Waals surface area (Å²) in [5.41, 5.74) is 0. The van der Waals surface area contributed by atoms with Crippen molar-refractivity contribution in [2.75, 3.05) is 0 Å². The number of rotatable bonds is 4. The molecule has 0 atom stereocenters. The summed E-state index contributed by atoms with van der Waals surface area (Å²) in [5.74, 6) is 0. The summed E-state index contributed by atoms with van der Waals surface area (Å²) in [6.07, 6.45) is 1.62. The number of aromatic nitrogens is 1. The van der Waals surface area contributed by atoms with Gasteiger partial charge in [0.1, 0.15) is 20.2 Å². The lowest BCUT2D eigenvalue weighted by atomic mass is 10.5. The van der Waals surface area contributed by atoms with Crippen molar-refractivity contribution in [2.45, 2.75) is 10.8 Å². The van der Waals surface area contributed by atoms with Gasteiger partial charge in [-0.15, -0.1) is 22.7 Å². The van der Waals surface area contributed by atoms with E-state index in [1.165, 1.54) is 23.5 Å². The van der Waals surface area contributed by atoms with Gasteiger partial charge in [0.15, 0.2) is 0 Å². The molecule has 0 amide bonds. The lowest BCUT2D eigenvalue weighted by molar-refractivity contribution is 0.583. The number of hydrogen-bond acceptors (Lipinski definition) is 6. The molecule has 5 nitrogen and oxygen atoms in total. The van der Waals surface area contributed by atoms with Crippen molar-refractivity contribution in [3.05, 3.63) is 33.6 Å². The average Bonchev–Trinajstić information content (AvgIpc) is 2.98. The van der Waals surface area contributed by atoms with Gasteiger partial charge in [0.05, 0.1) is 6.54 Å². The Kier molecular flexibility index (Phi) is 3.54. The topological polar surface area (TPSA) is 82.8 Å². The molecule has 8 heteroatoms. The molecule has 0 aliphatic rings. The second-order valence-electron chi connectivity index (χ2n) is 2.98. The Hall–Kier alpha value is -1.27. The molecule has 0 aromatic carbocycles. The van der Waals surface area contributed by atoms with Crippen LogP contribution in [-0.4, -0.2) is 13.4 Å². The van der Waals surface area contributed by atoms with E-state index in [4.69, 9.17) is 5.26 Å². The maximum absolute atomic E-state index is 11.8. The van der Waals surface area contributed by atoms with Gasteiger partial charge in [-0.1, -0.05) is 0 Å². The van der Waals surface area contributed by atoms with Crippen molar-refractivity contribution in [1.82, 2.24) is 9.71 Å². The first-order valence-corrected chi connectivity index (χ1v) is 7.68. The van der Waals surface area contributed by atoms with Crippen LogP contribution in [0.3, 0.4) is 0 Å². The Morgan fingerprint density at radius 3 is 2.88 bits per heavy atom. The summed E-state index contributed by atoms with van der Waals surface area (Å²) < 4.78 is 26.2. The number of nitrogens with one attached hydrogen (secondary N) is 1. The highest BCUT2D eigenvalue weighted by Gasteiger charge is 2.16.